The van der Waals surface area contributed by atoms with Crippen molar-refractivity contribution in [1.29, 1.82) is 0 Å². The summed E-state index contributed by atoms with van der Waals surface area (Å²) >= 11 is 0. The lowest BCUT2D eigenvalue weighted by Crippen LogP contribution is -2.36. The second kappa shape index (κ2) is 6.85. The van der Waals surface area contributed by atoms with E-state index in [0.29, 0.717) is 5.92 Å². The summed E-state index contributed by atoms with van der Waals surface area (Å²) in [5, 5.41) is 4.62. The van der Waals surface area contributed by atoms with E-state index in [1.54, 1.807) is 4.68 Å². The van der Waals surface area contributed by atoms with E-state index in [4.69, 9.17) is 0 Å². The van der Waals surface area contributed by atoms with Crippen LogP contribution in [-0.2, 0) is 25.9 Å². The molecule has 0 spiro atoms. The standard InChI is InChI=1S/C19H24N4O/c24-19-11-17-4-1-5-18(17)21-23(19)14-15-6-9-22(10-7-15)13-16-3-2-8-20-12-16/h2-3,8,11-12,15H,1,4-7,9-10,13-14H2. The molecule has 0 radical (unpaired) electrons. The van der Waals surface area contributed by atoms with Crippen LogP contribution in [0.1, 0.15) is 36.1 Å². The van der Waals surface area contributed by atoms with Crippen LogP contribution in [0.15, 0.2) is 35.4 Å². The van der Waals surface area contributed by atoms with Gasteiger partial charge in [-0.3, -0.25) is 14.7 Å². The SMILES string of the molecule is O=c1cc2c(nn1CC1CCN(Cc3cccnc3)CC1)CCC2. The van der Waals surface area contributed by atoms with Crippen molar-refractivity contribution >= 4 is 0 Å². The van der Waals surface area contributed by atoms with Gasteiger partial charge in [0.1, 0.15) is 0 Å². The molecule has 0 aromatic carbocycles. The largest absolute Gasteiger partial charge is 0.299 e. The molecular weight excluding hydrogens is 300 g/mol. The Bertz CT molecular complexity index is 748. The van der Waals surface area contributed by atoms with Crippen LogP contribution in [0.2, 0.25) is 0 Å². The highest BCUT2D eigenvalue weighted by atomic mass is 16.1. The molecule has 0 amide bonds. The average molecular weight is 324 g/mol. The zero-order chi connectivity index (χ0) is 16.4. The predicted molar refractivity (Wildman–Crippen MR) is 92.8 cm³/mol. The summed E-state index contributed by atoms with van der Waals surface area (Å²) in [5.41, 5.74) is 3.66. The second-order valence-electron chi connectivity index (χ2n) is 7.07. The monoisotopic (exact) mass is 324 g/mol. The van der Waals surface area contributed by atoms with Gasteiger partial charge in [-0.05, 0) is 68.3 Å². The highest BCUT2D eigenvalue weighted by Gasteiger charge is 2.21. The number of aromatic nitrogens is 3. The van der Waals surface area contributed by atoms with Crippen LogP contribution in [0.5, 0.6) is 0 Å². The summed E-state index contributed by atoms with van der Waals surface area (Å²) in [6.07, 6.45) is 9.21. The molecule has 5 nitrogen and oxygen atoms in total. The zero-order valence-corrected chi connectivity index (χ0v) is 14.0. The quantitative estimate of drug-likeness (QED) is 0.863. The van der Waals surface area contributed by atoms with Crippen LogP contribution in [0, 0.1) is 5.92 Å². The molecule has 4 rings (SSSR count). The van der Waals surface area contributed by atoms with Gasteiger partial charge in [-0.1, -0.05) is 6.07 Å². The lowest BCUT2D eigenvalue weighted by Gasteiger charge is -2.31. The van der Waals surface area contributed by atoms with Gasteiger partial charge in [-0.25, -0.2) is 4.68 Å². The molecule has 0 unspecified atom stereocenters. The van der Waals surface area contributed by atoms with E-state index < -0.39 is 0 Å². The maximum atomic E-state index is 12.2. The lowest BCUT2D eigenvalue weighted by atomic mass is 9.96. The highest BCUT2D eigenvalue weighted by molar-refractivity contribution is 5.22. The van der Waals surface area contributed by atoms with E-state index in [1.807, 2.05) is 24.5 Å². The van der Waals surface area contributed by atoms with Crippen LogP contribution in [-0.4, -0.2) is 32.8 Å². The molecule has 126 valence electrons. The van der Waals surface area contributed by atoms with Crippen molar-refractivity contribution in [2.24, 2.45) is 5.92 Å². The number of rotatable bonds is 4. The Morgan fingerprint density at radius 2 is 2.08 bits per heavy atom. The van der Waals surface area contributed by atoms with Gasteiger partial charge in [0.25, 0.3) is 5.56 Å². The Labute approximate surface area is 142 Å². The van der Waals surface area contributed by atoms with Gasteiger partial charge in [0.15, 0.2) is 0 Å². The molecule has 0 N–H and O–H groups in total. The van der Waals surface area contributed by atoms with Gasteiger partial charge < -0.3 is 0 Å². The normalized spacial score (nSPS) is 18.7. The third-order valence-electron chi connectivity index (χ3n) is 5.29. The lowest BCUT2D eigenvalue weighted by molar-refractivity contribution is 0.163. The maximum Gasteiger partial charge on any atom is 0.267 e. The molecule has 1 saturated heterocycles. The topological polar surface area (TPSA) is 51.0 Å². The number of pyridine rings is 1. The molecule has 2 aliphatic rings. The molecule has 5 heteroatoms. The van der Waals surface area contributed by atoms with Crippen LogP contribution >= 0.6 is 0 Å². The summed E-state index contributed by atoms with van der Waals surface area (Å²) in [5.74, 6) is 0.555. The summed E-state index contributed by atoms with van der Waals surface area (Å²) in [7, 11) is 0. The molecule has 3 heterocycles. The number of aryl methyl sites for hydroxylation is 2. The molecule has 0 saturated carbocycles. The number of hydrogen-bond donors (Lipinski definition) is 0. The van der Waals surface area contributed by atoms with Crippen molar-refractivity contribution < 1.29 is 0 Å². The molecule has 1 aliphatic heterocycles. The minimum absolute atomic E-state index is 0.0773. The first-order valence-corrected chi connectivity index (χ1v) is 8.99. The van der Waals surface area contributed by atoms with Gasteiger partial charge in [-0.15, -0.1) is 0 Å². The van der Waals surface area contributed by atoms with Crippen molar-refractivity contribution in [2.45, 2.75) is 45.2 Å². The van der Waals surface area contributed by atoms with Crippen LogP contribution in [0.25, 0.3) is 0 Å². The highest BCUT2D eigenvalue weighted by Crippen LogP contribution is 2.21. The Morgan fingerprint density at radius 3 is 2.88 bits per heavy atom. The first-order chi connectivity index (χ1) is 11.8. The van der Waals surface area contributed by atoms with E-state index in [0.717, 1.165) is 64.0 Å². The molecule has 1 fully saturated rings. The minimum atomic E-state index is 0.0773. The Hall–Kier alpha value is -2.01. The first kappa shape index (κ1) is 15.5. The second-order valence-corrected chi connectivity index (χ2v) is 7.07. The fourth-order valence-corrected chi connectivity index (χ4v) is 3.89. The zero-order valence-electron chi connectivity index (χ0n) is 14.0. The Balaban J connectivity index is 1.34. The number of nitrogens with zero attached hydrogens (tertiary/aromatic N) is 4. The molecule has 2 aromatic rings. The minimum Gasteiger partial charge on any atom is -0.299 e. The maximum absolute atomic E-state index is 12.2. The van der Waals surface area contributed by atoms with Crippen molar-refractivity contribution in [3.63, 3.8) is 0 Å². The van der Waals surface area contributed by atoms with E-state index in [2.05, 4.69) is 21.0 Å². The molecule has 24 heavy (non-hydrogen) atoms. The molecule has 1 aliphatic carbocycles. The van der Waals surface area contributed by atoms with Gasteiger partial charge in [0.2, 0.25) is 0 Å². The number of likely N-dealkylation sites (tertiary alicyclic amines) is 1. The van der Waals surface area contributed by atoms with Crippen LogP contribution in [0.4, 0.5) is 0 Å². The molecule has 0 bridgehead atoms. The van der Waals surface area contributed by atoms with E-state index >= 15 is 0 Å². The molecular formula is C19H24N4O. The van der Waals surface area contributed by atoms with E-state index in [-0.39, 0.29) is 5.56 Å². The van der Waals surface area contributed by atoms with Crippen molar-refractivity contribution in [1.82, 2.24) is 19.7 Å². The van der Waals surface area contributed by atoms with Crippen molar-refractivity contribution in [3.05, 3.63) is 57.8 Å². The van der Waals surface area contributed by atoms with E-state index in [9.17, 15) is 4.79 Å². The van der Waals surface area contributed by atoms with Crippen LogP contribution in [0.3, 0.4) is 0 Å². The Kier molecular flexibility index (Phi) is 4.43. The average Bonchev–Trinajstić information content (AvgIpc) is 3.05. The Morgan fingerprint density at radius 1 is 1.21 bits per heavy atom. The van der Waals surface area contributed by atoms with Gasteiger partial charge >= 0.3 is 0 Å². The first-order valence-electron chi connectivity index (χ1n) is 8.99. The smallest absolute Gasteiger partial charge is 0.267 e. The van der Waals surface area contributed by atoms with Gasteiger partial charge in [0.05, 0.1) is 5.69 Å². The number of hydrogen-bond acceptors (Lipinski definition) is 4. The third-order valence-corrected chi connectivity index (χ3v) is 5.29. The van der Waals surface area contributed by atoms with Crippen molar-refractivity contribution in [3.8, 4) is 0 Å². The van der Waals surface area contributed by atoms with Crippen LogP contribution < -0.4 is 5.56 Å². The molecule has 0 atom stereocenters. The van der Waals surface area contributed by atoms with Gasteiger partial charge in [-0.2, -0.15) is 5.10 Å². The predicted octanol–water partition coefficient (Wildman–Crippen LogP) is 2.04. The number of fused-ring (bicyclic) bond motifs is 1. The summed E-state index contributed by atoms with van der Waals surface area (Å²) in [6.45, 7) is 3.91. The summed E-state index contributed by atoms with van der Waals surface area (Å²) in [6, 6.07) is 5.94. The fraction of sp³-hybridized carbons (Fsp3) is 0.526. The van der Waals surface area contributed by atoms with E-state index in [1.165, 1.54) is 11.1 Å². The summed E-state index contributed by atoms with van der Waals surface area (Å²) in [4.78, 5) is 18.9. The number of piperidine rings is 1. The third kappa shape index (κ3) is 3.41. The van der Waals surface area contributed by atoms with Crippen molar-refractivity contribution in [2.75, 3.05) is 13.1 Å². The summed E-state index contributed by atoms with van der Waals surface area (Å²) < 4.78 is 1.71. The molecule has 2 aromatic heterocycles. The fourth-order valence-electron chi connectivity index (χ4n) is 3.89. The van der Waals surface area contributed by atoms with Gasteiger partial charge in [0, 0.05) is 31.5 Å².